The Morgan fingerprint density at radius 3 is 2.74 bits per heavy atom. The first-order valence-electron chi connectivity index (χ1n) is 7.61. The molecular weight excluding hydrogens is 236 g/mol. The summed E-state index contributed by atoms with van der Waals surface area (Å²) in [5.41, 5.74) is 1.12. The monoisotopic (exact) mass is 262 g/mol. The largest absolute Gasteiger partial charge is 0.369 e. The standard InChI is InChI=1S/C15H26N4/c1-3-9-16-15-18-10-12(2)14(19-15)17-11-13-7-5-4-6-8-13/h10,13H,3-9,11H2,1-2H3,(H2,16,17,18,19). The van der Waals surface area contributed by atoms with Gasteiger partial charge in [0.25, 0.3) is 0 Å². The van der Waals surface area contributed by atoms with Gasteiger partial charge in [-0.05, 0) is 32.1 Å². The molecule has 1 heterocycles. The molecule has 106 valence electrons. The summed E-state index contributed by atoms with van der Waals surface area (Å²) in [6, 6.07) is 0. The Hall–Kier alpha value is -1.32. The Labute approximate surface area is 116 Å². The summed E-state index contributed by atoms with van der Waals surface area (Å²) in [5, 5.41) is 6.75. The van der Waals surface area contributed by atoms with E-state index in [4.69, 9.17) is 0 Å². The van der Waals surface area contributed by atoms with E-state index in [0.717, 1.165) is 42.8 Å². The summed E-state index contributed by atoms with van der Waals surface area (Å²) >= 11 is 0. The van der Waals surface area contributed by atoms with Crippen molar-refractivity contribution in [2.75, 3.05) is 23.7 Å². The maximum absolute atomic E-state index is 4.56. The minimum Gasteiger partial charge on any atom is -0.369 e. The van der Waals surface area contributed by atoms with Crippen LogP contribution in [0.2, 0.25) is 0 Å². The van der Waals surface area contributed by atoms with Crippen LogP contribution in [0, 0.1) is 12.8 Å². The molecule has 1 aliphatic rings. The van der Waals surface area contributed by atoms with Gasteiger partial charge in [0, 0.05) is 24.8 Å². The van der Waals surface area contributed by atoms with E-state index in [1.807, 2.05) is 6.20 Å². The molecule has 0 saturated heterocycles. The van der Waals surface area contributed by atoms with Gasteiger partial charge in [-0.1, -0.05) is 26.2 Å². The maximum atomic E-state index is 4.56. The summed E-state index contributed by atoms with van der Waals surface area (Å²) in [6.07, 6.45) is 9.89. The lowest BCUT2D eigenvalue weighted by Gasteiger charge is -2.22. The molecule has 4 nitrogen and oxygen atoms in total. The van der Waals surface area contributed by atoms with Crippen LogP contribution in [0.5, 0.6) is 0 Å². The Morgan fingerprint density at radius 2 is 2.00 bits per heavy atom. The molecular formula is C15H26N4. The van der Waals surface area contributed by atoms with Crippen LogP contribution in [-0.2, 0) is 0 Å². The summed E-state index contributed by atoms with van der Waals surface area (Å²) in [5.74, 6) is 2.54. The Bertz CT molecular complexity index is 386. The minimum absolute atomic E-state index is 0.735. The van der Waals surface area contributed by atoms with Gasteiger partial charge in [-0.2, -0.15) is 4.98 Å². The maximum Gasteiger partial charge on any atom is 0.224 e. The van der Waals surface area contributed by atoms with Crippen molar-refractivity contribution in [1.29, 1.82) is 0 Å². The fourth-order valence-corrected chi connectivity index (χ4v) is 2.58. The van der Waals surface area contributed by atoms with E-state index in [9.17, 15) is 0 Å². The molecule has 2 N–H and O–H groups in total. The molecule has 0 aliphatic heterocycles. The van der Waals surface area contributed by atoms with Crippen molar-refractivity contribution < 1.29 is 0 Å². The molecule has 1 aromatic heterocycles. The molecule has 19 heavy (non-hydrogen) atoms. The van der Waals surface area contributed by atoms with Gasteiger partial charge in [0.15, 0.2) is 0 Å². The van der Waals surface area contributed by atoms with Crippen LogP contribution in [0.15, 0.2) is 6.20 Å². The highest BCUT2D eigenvalue weighted by molar-refractivity contribution is 5.46. The normalized spacial score (nSPS) is 16.3. The second kappa shape index (κ2) is 7.31. The van der Waals surface area contributed by atoms with E-state index in [0.29, 0.717) is 0 Å². The van der Waals surface area contributed by atoms with Crippen LogP contribution in [0.1, 0.15) is 51.0 Å². The van der Waals surface area contributed by atoms with Crippen molar-refractivity contribution in [1.82, 2.24) is 9.97 Å². The summed E-state index contributed by atoms with van der Waals surface area (Å²) < 4.78 is 0. The molecule has 0 aromatic carbocycles. The zero-order valence-corrected chi connectivity index (χ0v) is 12.2. The van der Waals surface area contributed by atoms with Crippen molar-refractivity contribution in [2.24, 2.45) is 5.92 Å². The number of hydrogen-bond donors (Lipinski definition) is 2. The van der Waals surface area contributed by atoms with Gasteiger partial charge in [0.2, 0.25) is 5.95 Å². The van der Waals surface area contributed by atoms with Gasteiger partial charge >= 0.3 is 0 Å². The summed E-state index contributed by atoms with van der Waals surface area (Å²) in [6.45, 7) is 6.17. The molecule has 1 aromatic rings. The van der Waals surface area contributed by atoms with Gasteiger partial charge < -0.3 is 10.6 Å². The fourth-order valence-electron chi connectivity index (χ4n) is 2.58. The average Bonchev–Trinajstić information content (AvgIpc) is 2.46. The number of aryl methyl sites for hydroxylation is 1. The Balaban J connectivity index is 1.90. The molecule has 0 unspecified atom stereocenters. The van der Waals surface area contributed by atoms with Crippen molar-refractivity contribution in [3.63, 3.8) is 0 Å². The number of aromatic nitrogens is 2. The molecule has 4 heteroatoms. The first-order valence-corrected chi connectivity index (χ1v) is 7.61. The molecule has 0 spiro atoms. The van der Waals surface area contributed by atoms with E-state index < -0.39 is 0 Å². The molecule has 0 atom stereocenters. The highest BCUT2D eigenvalue weighted by atomic mass is 15.1. The first kappa shape index (κ1) is 14.1. The van der Waals surface area contributed by atoms with Crippen LogP contribution in [0.4, 0.5) is 11.8 Å². The fraction of sp³-hybridized carbons (Fsp3) is 0.733. The van der Waals surface area contributed by atoms with Gasteiger partial charge in [0.05, 0.1) is 0 Å². The predicted molar refractivity (Wildman–Crippen MR) is 80.6 cm³/mol. The highest BCUT2D eigenvalue weighted by Crippen LogP contribution is 2.24. The number of hydrogen-bond acceptors (Lipinski definition) is 4. The lowest BCUT2D eigenvalue weighted by atomic mass is 9.89. The van der Waals surface area contributed by atoms with E-state index in [1.165, 1.54) is 32.1 Å². The lowest BCUT2D eigenvalue weighted by molar-refractivity contribution is 0.373. The topological polar surface area (TPSA) is 49.8 Å². The smallest absolute Gasteiger partial charge is 0.224 e. The number of anilines is 2. The molecule has 0 amide bonds. The number of rotatable bonds is 6. The minimum atomic E-state index is 0.735. The lowest BCUT2D eigenvalue weighted by Crippen LogP contribution is -2.18. The van der Waals surface area contributed by atoms with Crippen LogP contribution in [-0.4, -0.2) is 23.1 Å². The number of nitrogens with zero attached hydrogens (tertiary/aromatic N) is 2. The second-order valence-electron chi connectivity index (χ2n) is 5.54. The predicted octanol–water partition coefficient (Wildman–Crippen LogP) is 3.60. The van der Waals surface area contributed by atoms with Gasteiger partial charge in [0.1, 0.15) is 5.82 Å². The average molecular weight is 262 g/mol. The number of nitrogens with one attached hydrogen (secondary N) is 2. The van der Waals surface area contributed by atoms with Crippen LogP contribution in [0.25, 0.3) is 0 Å². The highest BCUT2D eigenvalue weighted by Gasteiger charge is 2.13. The van der Waals surface area contributed by atoms with Crippen LogP contribution in [0.3, 0.4) is 0 Å². The van der Waals surface area contributed by atoms with Crippen molar-refractivity contribution in [3.05, 3.63) is 11.8 Å². The van der Waals surface area contributed by atoms with Gasteiger partial charge in [-0.15, -0.1) is 0 Å². The van der Waals surface area contributed by atoms with Crippen molar-refractivity contribution in [2.45, 2.75) is 52.4 Å². The van der Waals surface area contributed by atoms with Crippen molar-refractivity contribution >= 4 is 11.8 Å². The zero-order chi connectivity index (χ0) is 13.5. The Morgan fingerprint density at radius 1 is 1.21 bits per heavy atom. The van der Waals surface area contributed by atoms with Crippen LogP contribution >= 0.6 is 0 Å². The second-order valence-corrected chi connectivity index (χ2v) is 5.54. The zero-order valence-electron chi connectivity index (χ0n) is 12.2. The quantitative estimate of drug-likeness (QED) is 0.822. The third-order valence-electron chi connectivity index (χ3n) is 3.79. The van der Waals surface area contributed by atoms with E-state index in [1.54, 1.807) is 0 Å². The van der Waals surface area contributed by atoms with Gasteiger partial charge in [-0.3, -0.25) is 0 Å². The molecule has 1 fully saturated rings. The van der Waals surface area contributed by atoms with E-state index >= 15 is 0 Å². The van der Waals surface area contributed by atoms with Crippen LogP contribution < -0.4 is 10.6 Å². The van der Waals surface area contributed by atoms with E-state index in [2.05, 4.69) is 34.4 Å². The molecule has 0 bridgehead atoms. The molecule has 1 saturated carbocycles. The molecule has 0 radical (unpaired) electrons. The summed E-state index contributed by atoms with van der Waals surface area (Å²) in [4.78, 5) is 8.87. The van der Waals surface area contributed by atoms with Crippen molar-refractivity contribution in [3.8, 4) is 0 Å². The third-order valence-corrected chi connectivity index (χ3v) is 3.79. The Kier molecular flexibility index (Phi) is 5.43. The third kappa shape index (κ3) is 4.37. The SMILES string of the molecule is CCCNc1ncc(C)c(NCC2CCCCC2)n1. The van der Waals surface area contributed by atoms with Gasteiger partial charge in [-0.25, -0.2) is 4.98 Å². The molecule has 1 aliphatic carbocycles. The van der Waals surface area contributed by atoms with E-state index in [-0.39, 0.29) is 0 Å². The summed E-state index contributed by atoms with van der Waals surface area (Å²) in [7, 11) is 0. The molecule has 2 rings (SSSR count). The first-order chi connectivity index (χ1) is 9.29.